The van der Waals surface area contributed by atoms with Crippen LogP contribution in [0.4, 0.5) is 5.69 Å². The van der Waals surface area contributed by atoms with Gasteiger partial charge in [-0.15, -0.1) is 0 Å². The number of ether oxygens (including phenoxy) is 1. The minimum atomic E-state index is -0.257. The lowest BCUT2D eigenvalue weighted by molar-refractivity contribution is -0.120. The number of hydrogen-bond donors (Lipinski definition) is 2. The summed E-state index contributed by atoms with van der Waals surface area (Å²) in [6.07, 6.45) is 3.36. The molecule has 3 N–H and O–H groups in total. The van der Waals surface area contributed by atoms with Crippen LogP contribution >= 0.6 is 0 Å². The number of carbonyl (C=O) groups excluding carboxylic acids is 1. The van der Waals surface area contributed by atoms with Gasteiger partial charge in [0.25, 0.3) is 0 Å². The molecular weight excluding hydrogens is 206 g/mol. The van der Waals surface area contributed by atoms with Crippen LogP contribution in [0.1, 0.15) is 5.56 Å². The molecule has 0 radical (unpaired) electrons. The van der Waals surface area contributed by atoms with Crippen molar-refractivity contribution in [3.05, 3.63) is 24.0 Å². The van der Waals surface area contributed by atoms with Gasteiger partial charge in [0.1, 0.15) is 0 Å². The number of aryl methyl sites for hydroxylation is 1. The second kappa shape index (κ2) is 4.59. The van der Waals surface area contributed by atoms with Crippen molar-refractivity contribution >= 4 is 11.6 Å². The van der Waals surface area contributed by atoms with Crippen molar-refractivity contribution in [1.29, 1.82) is 0 Å². The number of hydrogen-bond acceptors (Lipinski definition) is 4. The molecule has 1 aromatic rings. The zero-order chi connectivity index (χ0) is 11.5. The molecule has 16 heavy (non-hydrogen) atoms. The second-order valence-corrected chi connectivity index (χ2v) is 3.99. The van der Waals surface area contributed by atoms with Gasteiger partial charge in [-0.05, 0) is 18.6 Å². The fourth-order valence-corrected chi connectivity index (χ4v) is 1.68. The number of carbonyl (C=O) groups is 1. The standard InChI is InChI=1S/C11H15N3O2/c1-7-4-13-3-2-10(7)14-11(15)8-5-16-6-9(8)12/h2-4,8-9H,5-6,12H2,1H3,(H,13,14,15). The summed E-state index contributed by atoms with van der Waals surface area (Å²) in [6, 6.07) is 1.57. The molecule has 1 aliphatic rings. The summed E-state index contributed by atoms with van der Waals surface area (Å²) >= 11 is 0. The first-order valence-electron chi connectivity index (χ1n) is 5.23. The third-order valence-electron chi connectivity index (χ3n) is 2.74. The molecule has 2 heterocycles. The molecule has 2 atom stereocenters. The van der Waals surface area contributed by atoms with Crippen molar-refractivity contribution in [2.45, 2.75) is 13.0 Å². The van der Waals surface area contributed by atoms with Crippen molar-refractivity contribution in [3.63, 3.8) is 0 Å². The molecule has 0 spiro atoms. The minimum absolute atomic E-state index is 0.0840. The SMILES string of the molecule is Cc1cnccc1NC(=O)C1COCC1N. The fraction of sp³-hybridized carbons (Fsp3) is 0.455. The Morgan fingerprint density at radius 1 is 1.62 bits per heavy atom. The molecule has 0 aliphatic carbocycles. The van der Waals surface area contributed by atoms with E-state index in [2.05, 4.69) is 10.3 Å². The number of pyridine rings is 1. The Kier molecular flexibility index (Phi) is 3.17. The highest BCUT2D eigenvalue weighted by Gasteiger charge is 2.31. The van der Waals surface area contributed by atoms with Gasteiger partial charge in [0, 0.05) is 24.1 Å². The smallest absolute Gasteiger partial charge is 0.231 e. The predicted molar refractivity (Wildman–Crippen MR) is 59.9 cm³/mol. The van der Waals surface area contributed by atoms with E-state index in [-0.39, 0.29) is 17.9 Å². The number of amides is 1. The quantitative estimate of drug-likeness (QED) is 0.753. The minimum Gasteiger partial charge on any atom is -0.379 e. The Morgan fingerprint density at radius 3 is 3.06 bits per heavy atom. The Morgan fingerprint density at radius 2 is 2.44 bits per heavy atom. The van der Waals surface area contributed by atoms with E-state index in [1.165, 1.54) is 0 Å². The Balaban J connectivity index is 2.05. The molecule has 86 valence electrons. The highest BCUT2D eigenvalue weighted by Crippen LogP contribution is 2.17. The van der Waals surface area contributed by atoms with Gasteiger partial charge < -0.3 is 15.8 Å². The molecular formula is C11H15N3O2. The van der Waals surface area contributed by atoms with E-state index >= 15 is 0 Å². The molecule has 5 nitrogen and oxygen atoms in total. The van der Waals surface area contributed by atoms with Crippen LogP contribution < -0.4 is 11.1 Å². The highest BCUT2D eigenvalue weighted by molar-refractivity contribution is 5.93. The fourth-order valence-electron chi connectivity index (χ4n) is 1.68. The maximum Gasteiger partial charge on any atom is 0.231 e. The zero-order valence-electron chi connectivity index (χ0n) is 9.14. The largest absolute Gasteiger partial charge is 0.379 e. The lowest BCUT2D eigenvalue weighted by Gasteiger charge is -2.14. The Hall–Kier alpha value is -1.46. The Bertz CT molecular complexity index is 395. The first-order valence-corrected chi connectivity index (χ1v) is 5.23. The molecule has 1 fully saturated rings. The molecule has 2 rings (SSSR count). The molecule has 1 aliphatic heterocycles. The van der Waals surface area contributed by atoms with E-state index in [4.69, 9.17) is 10.5 Å². The number of aromatic nitrogens is 1. The average molecular weight is 221 g/mol. The number of rotatable bonds is 2. The lowest BCUT2D eigenvalue weighted by atomic mass is 10.0. The van der Waals surface area contributed by atoms with Gasteiger partial charge in [-0.1, -0.05) is 0 Å². The third-order valence-corrected chi connectivity index (χ3v) is 2.74. The van der Waals surface area contributed by atoms with Crippen molar-refractivity contribution < 1.29 is 9.53 Å². The van der Waals surface area contributed by atoms with Gasteiger partial charge in [-0.3, -0.25) is 9.78 Å². The predicted octanol–water partition coefficient (Wildman–Crippen LogP) is 0.302. The topological polar surface area (TPSA) is 77.2 Å². The van der Waals surface area contributed by atoms with Crippen molar-refractivity contribution in [3.8, 4) is 0 Å². The van der Waals surface area contributed by atoms with E-state index in [1.54, 1.807) is 18.5 Å². The van der Waals surface area contributed by atoms with Crippen LogP contribution in [0.3, 0.4) is 0 Å². The first-order chi connectivity index (χ1) is 7.68. The van der Waals surface area contributed by atoms with Crippen LogP contribution in [0.15, 0.2) is 18.5 Å². The van der Waals surface area contributed by atoms with Gasteiger partial charge in [0.15, 0.2) is 0 Å². The molecule has 5 heteroatoms. The van der Waals surface area contributed by atoms with Crippen LogP contribution in [0.2, 0.25) is 0 Å². The van der Waals surface area contributed by atoms with E-state index in [0.717, 1.165) is 11.3 Å². The van der Waals surface area contributed by atoms with Crippen LogP contribution in [0.5, 0.6) is 0 Å². The maximum atomic E-state index is 11.9. The summed E-state index contributed by atoms with van der Waals surface area (Å²) in [4.78, 5) is 15.8. The van der Waals surface area contributed by atoms with Gasteiger partial charge in [0.05, 0.1) is 19.1 Å². The van der Waals surface area contributed by atoms with E-state index < -0.39 is 0 Å². The first kappa shape index (κ1) is 11.0. The van der Waals surface area contributed by atoms with Crippen LogP contribution in [-0.4, -0.2) is 30.1 Å². The van der Waals surface area contributed by atoms with Crippen LogP contribution in [-0.2, 0) is 9.53 Å². The Labute approximate surface area is 94.0 Å². The highest BCUT2D eigenvalue weighted by atomic mass is 16.5. The summed E-state index contributed by atoms with van der Waals surface area (Å²) in [6.45, 7) is 2.75. The van der Waals surface area contributed by atoms with Crippen molar-refractivity contribution in [2.24, 2.45) is 11.7 Å². The molecule has 0 bridgehead atoms. The van der Waals surface area contributed by atoms with Crippen LogP contribution in [0, 0.1) is 12.8 Å². The molecule has 1 amide bonds. The number of nitrogens with one attached hydrogen (secondary N) is 1. The van der Waals surface area contributed by atoms with E-state index in [9.17, 15) is 4.79 Å². The van der Waals surface area contributed by atoms with Crippen molar-refractivity contribution in [1.82, 2.24) is 4.98 Å². The van der Waals surface area contributed by atoms with Gasteiger partial charge in [-0.25, -0.2) is 0 Å². The normalized spacial score (nSPS) is 24.4. The van der Waals surface area contributed by atoms with Gasteiger partial charge >= 0.3 is 0 Å². The van der Waals surface area contributed by atoms with Crippen LogP contribution in [0.25, 0.3) is 0 Å². The number of nitrogens with two attached hydrogens (primary N) is 1. The summed E-state index contributed by atoms with van der Waals surface area (Å²) in [7, 11) is 0. The summed E-state index contributed by atoms with van der Waals surface area (Å²) < 4.78 is 5.16. The lowest BCUT2D eigenvalue weighted by Crippen LogP contribution is -2.37. The van der Waals surface area contributed by atoms with Crippen molar-refractivity contribution in [2.75, 3.05) is 18.5 Å². The number of nitrogens with zero attached hydrogens (tertiary/aromatic N) is 1. The monoisotopic (exact) mass is 221 g/mol. The summed E-state index contributed by atoms with van der Waals surface area (Å²) in [5.74, 6) is -0.341. The molecule has 0 saturated carbocycles. The molecule has 1 saturated heterocycles. The molecule has 0 aromatic carbocycles. The van der Waals surface area contributed by atoms with Gasteiger partial charge in [0.2, 0.25) is 5.91 Å². The van der Waals surface area contributed by atoms with Gasteiger partial charge in [-0.2, -0.15) is 0 Å². The molecule has 2 unspecified atom stereocenters. The zero-order valence-corrected chi connectivity index (χ0v) is 9.14. The van der Waals surface area contributed by atoms with E-state index in [1.807, 2.05) is 6.92 Å². The summed E-state index contributed by atoms with van der Waals surface area (Å²) in [5, 5.41) is 2.84. The number of anilines is 1. The van der Waals surface area contributed by atoms with E-state index in [0.29, 0.717) is 13.2 Å². The third kappa shape index (κ3) is 2.20. The maximum absolute atomic E-state index is 11.9. The second-order valence-electron chi connectivity index (χ2n) is 3.99. The molecule has 1 aromatic heterocycles. The summed E-state index contributed by atoms with van der Waals surface area (Å²) in [5.41, 5.74) is 7.48. The average Bonchev–Trinajstić information content (AvgIpc) is 2.68.